The monoisotopic (exact) mass is 349 g/mol. The summed E-state index contributed by atoms with van der Waals surface area (Å²) in [4.78, 5) is 12.0. The summed E-state index contributed by atoms with van der Waals surface area (Å²) in [7, 11) is -3.11. The Balaban J connectivity index is 2.18. The fourth-order valence-corrected chi connectivity index (χ4v) is 4.55. The minimum absolute atomic E-state index is 0.0482. The zero-order chi connectivity index (χ0) is 14.3. The van der Waals surface area contributed by atoms with Crippen molar-refractivity contribution in [2.24, 2.45) is 0 Å². The average molecular weight is 350 g/mol. The lowest BCUT2D eigenvalue weighted by Gasteiger charge is -2.24. The Bertz CT molecular complexity index is 632. The number of sulfone groups is 1. The molecule has 0 bridgehead atoms. The van der Waals surface area contributed by atoms with Crippen molar-refractivity contribution in [2.75, 3.05) is 11.5 Å². The molecule has 1 fully saturated rings. The van der Waals surface area contributed by atoms with Crippen LogP contribution in [0.3, 0.4) is 0 Å². The van der Waals surface area contributed by atoms with Gasteiger partial charge in [0.25, 0.3) is 5.91 Å². The summed E-state index contributed by atoms with van der Waals surface area (Å²) in [5.41, 5.74) is -0.913. The smallest absolute Gasteiger partial charge is 0.254 e. The summed E-state index contributed by atoms with van der Waals surface area (Å²) >= 11 is 3.11. The number of carbonyl (C=O) groups excluding carboxylic acids is 1. The van der Waals surface area contributed by atoms with E-state index in [4.69, 9.17) is 0 Å². The summed E-state index contributed by atoms with van der Waals surface area (Å²) < 4.78 is 37.1. The van der Waals surface area contributed by atoms with E-state index < -0.39 is 27.1 Å². The van der Waals surface area contributed by atoms with Crippen LogP contribution >= 0.6 is 15.9 Å². The first-order valence-electron chi connectivity index (χ1n) is 5.69. The SMILES string of the molecule is C[C@@]1(NC(=O)c2ccc(Br)cc2F)CCS(=O)(=O)C1. The highest BCUT2D eigenvalue weighted by Crippen LogP contribution is 2.24. The third kappa shape index (κ3) is 3.33. The molecule has 19 heavy (non-hydrogen) atoms. The molecule has 0 radical (unpaired) electrons. The molecule has 1 aromatic rings. The molecule has 0 unspecified atom stereocenters. The summed E-state index contributed by atoms with van der Waals surface area (Å²) in [6.45, 7) is 1.66. The number of nitrogens with one attached hydrogen (secondary N) is 1. The maximum absolute atomic E-state index is 13.6. The number of halogens is 2. The lowest BCUT2D eigenvalue weighted by molar-refractivity contribution is 0.0911. The predicted octanol–water partition coefficient (Wildman–Crippen LogP) is 1.90. The first kappa shape index (κ1) is 14.5. The Morgan fingerprint density at radius 3 is 2.68 bits per heavy atom. The minimum atomic E-state index is -3.11. The van der Waals surface area contributed by atoms with E-state index in [-0.39, 0.29) is 17.1 Å². The van der Waals surface area contributed by atoms with E-state index in [1.807, 2.05) is 0 Å². The first-order valence-corrected chi connectivity index (χ1v) is 8.30. The topological polar surface area (TPSA) is 63.2 Å². The number of hydrogen-bond donors (Lipinski definition) is 1. The quantitative estimate of drug-likeness (QED) is 0.886. The molecule has 1 atom stereocenters. The molecule has 1 N–H and O–H groups in total. The predicted molar refractivity (Wildman–Crippen MR) is 73.2 cm³/mol. The van der Waals surface area contributed by atoms with Crippen LogP contribution in [0.1, 0.15) is 23.7 Å². The number of rotatable bonds is 2. The van der Waals surface area contributed by atoms with Crippen LogP contribution in [0.25, 0.3) is 0 Å². The molecule has 1 aliphatic rings. The number of carbonyl (C=O) groups is 1. The van der Waals surface area contributed by atoms with Gasteiger partial charge in [-0.1, -0.05) is 15.9 Å². The Hall–Kier alpha value is -0.950. The second-order valence-corrected chi connectivity index (χ2v) is 8.08. The molecular formula is C12H13BrFNO3S. The highest BCUT2D eigenvalue weighted by molar-refractivity contribution is 9.10. The molecule has 1 heterocycles. The molecular weight excluding hydrogens is 337 g/mol. The number of amides is 1. The molecule has 1 saturated heterocycles. The Labute approximate surface area is 119 Å². The minimum Gasteiger partial charge on any atom is -0.346 e. The zero-order valence-electron chi connectivity index (χ0n) is 10.2. The maximum Gasteiger partial charge on any atom is 0.254 e. The molecule has 0 aromatic heterocycles. The molecule has 1 aliphatic heterocycles. The van der Waals surface area contributed by atoms with E-state index in [2.05, 4.69) is 21.2 Å². The van der Waals surface area contributed by atoms with E-state index in [9.17, 15) is 17.6 Å². The molecule has 0 saturated carbocycles. The number of benzene rings is 1. The summed E-state index contributed by atoms with van der Waals surface area (Å²) in [5, 5.41) is 2.61. The van der Waals surface area contributed by atoms with Gasteiger partial charge in [0, 0.05) is 4.47 Å². The lowest BCUT2D eigenvalue weighted by Crippen LogP contribution is -2.47. The van der Waals surface area contributed by atoms with Crippen molar-refractivity contribution in [1.29, 1.82) is 0 Å². The van der Waals surface area contributed by atoms with Crippen LogP contribution in [0.4, 0.5) is 4.39 Å². The Kier molecular flexibility index (Phi) is 3.70. The van der Waals surface area contributed by atoms with E-state index in [0.29, 0.717) is 10.9 Å². The van der Waals surface area contributed by atoms with Gasteiger partial charge in [0.2, 0.25) is 0 Å². The van der Waals surface area contributed by atoms with Crippen LogP contribution in [-0.2, 0) is 9.84 Å². The summed E-state index contributed by atoms with van der Waals surface area (Å²) in [6.07, 6.45) is 0.346. The maximum atomic E-state index is 13.6. The summed E-state index contributed by atoms with van der Waals surface area (Å²) in [5.74, 6) is -1.29. The van der Waals surface area contributed by atoms with Crippen LogP contribution in [0.15, 0.2) is 22.7 Å². The van der Waals surface area contributed by atoms with Crippen LogP contribution in [0.2, 0.25) is 0 Å². The average Bonchev–Trinajstić information content (AvgIpc) is 2.52. The molecule has 1 aromatic carbocycles. The van der Waals surface area contributed by atoms with Gasteiger partial charge in [0.1, 0.15) is 5.82 Å². The van der Waals surface area contributed by atoms with Crippen molar-refractivity contribution in [3.05, 3.63) is 34.1 Å². The van der Waals surface area contributed by atoms with Crippen molar-refractivity contribution in [3.63, 3.8) is 0 Å². The first-order chi connectivity index (χ1) is 8.71. The zero-order valence-corrected chi connectivity index (χ0v) is 12.6. The fraction of sp³-hybridized carbons (Fsp3) is 0.417. The van der Waals surface area contributed by atoms with Crippen LogP contribution in [0.5, 0.6) is 0 Å². The molecule has 0 aliphatic carbocycles. The van der Waals surface area contributed by atoms with Crippen molar-refractivity contribution in [2.45, 2.75) is 18.9 Å². The van der Waals surface area contributed by atoms with Gasteiger partial charge in [-0.3, -0.25) is 4.79 Å². The molecule has 0 spiro atoms. The van der Waals surface area contributed by atoms with Gasteiger partial charge in [0.15, 0.2) is 9.84 Å². The van der Waals surface area contributed by atoms with Gasteiger partial charge >= 0.3 is 0 Å². The Morgan fingerprint density at radius 2 is 2.16 bits per heavy atom. The van der Waals surface area contributed by atoms with Crippen LogP contribution < -0.4 is 5.32 Å². The molecule has 7 heteroatoms. The fourth-order valence-electron chi connectivity index (χ4n) is 2.12. The lowest BCUT2D eigenvalue weighted by atomic mass is 10.0. The molecule has 104 valence electrons. The van der Waals surface area contributed by atoms with Gasteiger partial charge < -0.3 is 5.32 Å². The second kappa shape index (κ2) is 4.86. The van der Waals surface area contributed by atoms with Crippen molar-refractivity contribution >= 4 is 31.7 Å². The van der Waals surface area contributed by atoms with Gasteiger partial charge in [-0.15, -0.1) is 0 Å². The Morgan fingerprint density at radius 1 is 1.47 bits per heavy atom. The van der Waals surface area contributed by atoms with E-state index in [1.54, 1.807) is 13.0 Å². The highest BCUT2D eigenvalue weighted by atomic mass is 79.9. The van der Waals surface area contributed by atoms with Crippen molar-refractivity contribution in [1.82, 2.24) is 5.32 Å². The highest BCUT2D eigenvalue weighted by Gasteiger charge is 2.39. The van der Waals surface area contributed by atoms with Crippen molar-refractivity contribution < 1.29 is 17.6 Å². The molecule has 1 amide bonds. The van der Waals surface area contributed by atoms with E-state index in [1.165, 1.54) is 12.1 Å². The largest absolute Gasteiger partial charge is 0.346 e. The molecule has 2 rings (SSSR count). The normalized spacial score (nSPS) is 25.2. The second-order valence-electron chi connectivity index (χ2n) is 4.98. The standard InChI is InChI=1S/C12H13BrFNO3S/c1-12(4-5-19(17,18)7-12)15-11(16)9-3-2-8(13)6-10(9)14/h2-3,6H,4-5,7H2,1H3,(H,15,16)/t12-/m1/s1. The van der Waals surface area contributed by atoms with Crippen molar-refractivity contribution in [3.8, 4) is 0 Å². The third-order valence-electron chi connectivity index (χ3n) is 3.09. The van der Waals surface area contributed by atoms with Gasteiger partial charge in [0.05, 0.1) is 22.6 Å². The molecule has 4 nitrogen and oxygen atoms in total. The van der Waals surface area contributed by atoms with E-state index in [0.717, 1.165) is 0 Å². The van der Waals surface area contributed by atoms with E-state index >= 15 is 0 Å². The van der Waals surface area contributed by atoms with Gasteiger partial charge in [-0.05, 0) is 31.5 Å². The number of hydrogen-bond acceptors (Lipinski definition) is 3. The summed E-state index contributed by atoms with van der Waals surface area (Å²) in [6, 6.07) is 4.12. The third-order valence-corrected chi connectivity index (χ3v) is 5.49. The van der Waals surface area contributed by atoms with Crippen LogP contribution in [-0.4, -0.2) is 31.4 Å². The van der Waals surface area contributed by atoms with Crippen LogP contribution in [0, 0.1) is 5.82 Å². The van der Waals surface area contributed by atoms with Gasteiger partial charge in [-0.2, -0.15) is 0 Å². The van der Waals surface area contributed by atoms with Gasteiger partial charge in [-0.25, -0.2) is 12.8 Å².